The van der Waals surface area contributed by atoms with E-state index in [0.29, 0.717) is 42.1 Å². The number of nitrogens with zero attached hydrogens (tertiary/aromatic N) is 2. The molecule has 0 radical (unpaired) electrons. The van der Waals surface area contributed by atoms with E-state index in [9.17, 15) is 9.90 Å². The Balaban J connectivity index is 0.000000687. The second-order valence-electron chi connectivity index (χ2n) is 8.54. The van der Waals surface area contributed by atoms with Gasteiger partial charge in [0.1, 0.15) is 13.2 Å². The first-order valence-corrected chi connectivity index (χ1v) is 10.8. The molecule has 30 heavy (non-hydrogen) atoms. The summed E-state index contributed by atoms with van der Waals surface area (Å²) >= 11 is 0. The summed E-state index contributed by atoms with van der Waals surface area (Å²) in [4.78, 5) is 25.8. The molecule has 2 N–H and O–H groups in total. The van der Waals surface area contributed by atoms with Crippen LogP contribution in [0.2, 0.25) is 0 Å². The number of aliphatic hydroxyl groups is 1. The van der Waals surface area contributed by atoms with Crippen LogP contribution in [0.1, 0.15) is 36.0 Å². The molecule has 8 nitrogen and oxygen atoms in total. The van der Waals surface area contributed by atoms with Gasteiger partial charge in [0.2, 0.25) is 0 Å². The third-order valence-electron chi connectivity index (χ3n) is 6.80. The van der Waals surface area contributed by atoms with Gasteiger partial charge >= 0.3 is 0 Å². The molecule has 0 unspecified atom stereocenters. The summed E-state index contributed by atoms with van der Waals surface area (Å²) in [5.41, 5.74) is 0.662. The van der Waals surface area contributed by atoms with Gasteiger partial charge in [0.15, 0.2) is 11.5 Å². The highest BCUT2D eigenvalue weighted by molar-refractivity contribution is 5.95. The van der Waals surface area contributed by atoms with E-state index in [-0.39, 0.29) is 24.5 Å². The van der Waals surface area contributed by atoms with Gasteiger partial charge in [0.05, 0.1) is 6.10 Å². The highest BCUT2D eigenvalue weighted by Crippen LogP contribution is 2.40. The molecule has 4 aliphatic rings. The molecule has 1 aromatic carbocycles. The highest BCUT2D eigenvalue weighted by Gasteiger charge is 2.45. The molecule has 2 saturated heterocycles. The molecule has 1 aliphatic carbocycles. The summed E-state index contributed by atoms with van der Waals surface area (Å²) in [5.74, 6) is 2.35. The molecule has 0 bridgehead atoms. The average Bonchev–Trinajstić information content (AvgIpc) is 3.42. The number of rotatable bonds is 2. The van der Waals surface area contributed by atoms with Gasteiger partial charge in [-0.1, -0.05) is 0 Å². The van der Waals surface area contributed by atoms with Crippen LogP contribution in [0.15, 0.2) is 18.2 Å². The number of likely N-dealkylation sites (tertiary alicyclic amines) is 2. The number of carbonyl (C=O) groups is 2. The number of fused-ring (bicyclic) bond motifs is 2. The average molecular weight is 418 g/mol. The van der Waals surface area contributed by atoms with E-state index in [4.69, 9.17) is 19.4 Å². The van der Waals surface area contributed by atoms with E-state index in [1.807, 2.05) is 17.0 Å². The van der Waals surface area contributed by atoms with Crippen LogP contribution in [0.3, 0.4) is 0 Å². The van der Waals surface area contributed by atoms with E-state index in [2.05, 4.69) is 4.90 Å². The third-order valence-corrected chi connectivity index (χ3v) is 6.80. The van der Waals surface area contributed by atoms with Crippen LogP contribution in [-0.4, -0.2) is 83.9 Å². The Kier molecular flexibility index (Phi) is 6.43. The number of hydrogen-bond donors (Lipinski definition) is 2. The van der Waals surface area contributed by atoms with Crippen molar-refractivity contribution in [3.63, 3.8) is 0 Å². The molecule has 4 atom stereocenters. The molecular formula is C22H30N2O6. The van der Waals surface area contributed by atoms with Crippen LogP contribution in [-0.2, 0) is 4.79 Å². The molecule has 1 amide bonds. The van der Waals surface area contributed by atoms with Gasteiger partial charge in [-0.15, -0.1) is 0 Å². The van der Waals surface area contributed by atoms with Gasteiger partial charge in [-0.05, 0) is 68.8 Å². The fourth-order valence-corrected chi connectivity index (χ4v) is 5.40. The third kappa shape index (κ3) is 4.25. The topological polar surface area (TPSA) is 99.5 Å². The standard InChI is InChI=1S/C21H28N2O4.CH2O2/c24-18-10-16-13-23(12-15(16)9-17(18)22-5-1-2-6-22)21(25)14-3-4-19-20(11-14)27-8-7-26-19;2-1-3/h3-4,11,15-18,24H,1-2,5-10,12-13H2;1H,(H,2,3)/t15-,16+,17-,18-;/m1./s1. The normalized spacial score (nSPS) is 30.2. The van der Waals surface area contributed by atoms with Gasteiger partial charge < -0.3 is 24.6 Å². The lowest BCUT2D eigenvalue weighted by molar-refractivity contribution is -0.122. The zero-order valence-electron chi connectivity index (χ0n) is 17.1. The Bertz CT molecular complexity index is 766. The second-order valence-corrected chi connectivity index (χ2v) is 8.54. The largest absolute Gasteiger partial charge is 0.486 e. The molecule has 3 fully saturated rings. The van der Waals surface area contributed by atoms with Crippen LogP contribution < -0.4 is 9.47 Å². The Morgan fingerprint density at radius 1 is 1.03 bits per heavy atom. The maximum atomic E-state index is 13.1. The predicted octanol–water partition coefficient (Wildman–Crippen LogP) is 1.47. The summed E-state index contributed by atoms with van der Waals surface area (Å²) in [6.07, 6.45) is 4.06. The van der Waals surface area contributed by atoms with Gasteiger partial charge in [-0.3, -0.25) is 14.5 Å². The maximum absolute atomic E-state index is 13.1. The summed E-state index contributed by atoms with van der Waals surface area (Å²) in [7, 11) is 0. The van der Waals surface area contributed by atoms with E-state index in [0.717, 1.165) is 39.0 Å². The number of amides is 1. The van der Waals surface area contributed by atoms with Crippen LogP contribution in [0, 0.1) is 11.8 Å². The molecule has 0 spiro atoms. The summed E-state index contributed by atoms with van der Waals surface area (Å²) in [6.45, 7) is 4.60. The molecule has 3 aliphatic heterocycles. The van der Waals surface area contributed by atoms with Gasteiger partial charge in [-0.2, -0.15) is 0 Å². The van der Waals surface area contributed by atoms with Gasteiger partial charge in [-0.25, -0.2) is 0 Å². The van der Waals surface area contributed by atoms with E-state index in [1.165, 1.54) is 12.8 Å². The van der Waals surface area contributed by atoms with Crippen molar-refractivity contribution in [3.05, 3.63) is 23.8 Å². The number of carbonyl (C=O) groups excluding carboxylic acids is 1. The number of benzene rings is 1. The minimum absolute atomic E-state index is 0.0635. The quantitative estimate of drug-likeness (QED) is 0.702. The number of carboxylic acid groups (broad SMARTS) is 1. The zero-order valence-corrected chi connectivity index (χ0v) is 17.1. The van der Waals surface area contributed by atoms with E-state index < -0.39 is 0 Å². The molecule has 164 valence electrons. The molecular weight excluding hydrogens is 388 g/mol. The fraction of sp³-hybridized carbons (Fsp3) is 0.636. The molecule has 1 saturated carbocycles. The van der Waals surface area contributed by atoms with Crippen molar-refractivity contribution in [2.75, 3.05) is 39.4 Å². The van der Waals surface area contributed by atoms with Crippen LogP contribution in [0.25, 0.3) is 0 Å². The first-order valence-electron chi connectivity index (χ1n) is 10.8. The maximum Gasteiger partial charge on any atom is 0.290 e. The summed E-state index contributed by atoms with van der Waals surface area (Å²) in [5, 5.41) is 17.6. The monoisotopic (exact) mass is 418 g/mol. The summed E-state index contributed by atoms with van der Waals surface area (Å²) < 4.78 is 11.2. The van der Waals surface area contributed by atoms with Crippen molar-refractivity contribution in [2.45, 2.75) is 37.8 Å². The minimum Gasteiger partial charge on any atom is -0.486 e. The molecule has 3 heterocycles. The van der Waals surface area contributed by atoms with Crippen molar-refractivity contribution < 1.29 is 29.3 Å². The first kappa shape index (κ1) is 20.9. The Morgan fingerprint density at radius 2 is 1.67 bits per heavy atom. The van der Waals surface area contributed by atoms with Crippen molar-refractivity contribution in [3.8, 4) is 11.5 Å². The second kappa shape index (κ2) is 9.22. The van der Waals surface area contributed by atoms with E-state index in [1.54, 1.807) is 6.07 Å². The first-order chi connectivity index (χ1) is 14.6. The lowest BCUT2D eigenvalue weighted by Crippen LogP contribution is -2.48. The van der Waals surface area contributed by atoms with Crippen LogP contribution >= 0.6 is 0 Å². The van der Waals surface area contributed by atoms with E-state index >= 15 is 0 Å². The minimum atomic E-state index is -0.256. The Labute approximate surface area is 176 Å². The molecule has 5 rings (SSSR count). The van der Waals surface area contributed by atoms with Crippen LogP contribution in [0.5, 0.6) is 11.5 Å². The Morgan fingerprint density at radius 3 is 2.37 bits per heavy atom. The van der Waals surface area contributed by atoms with Gasteiger partial charge in [0.25, 0.3) is 12.4 Å². The SMILES string of the molecule is O=C(c1ccc2c(c1)OCCO2)N1C[C@H]2C[C@@H](N3CCCC3)[C@H](O)C[C@H]2C1.O=CO. The van der Waals surface area contributed by atoms with Crippen molar-refractivity contribution in [1.29, 1.82) is 0 Å². The summed E-state index contributed by atoms with van der Waals surface area (Å²) in [6, 6.07) is 5.75. The molecule has 8 heteroatoms. The lowest BCUT2D eigenvalue weighted by Gasteiger charge is -2.40. The van der Waals surface area contributed by atoms with Gasteiger partial charge in [0, 0.05) is 24.7 Å². The highest BCUT2D eigenvalue weighted by atomic mass is 16.6. The molecule has 1 aromatic rings. The lowest BCUT2D eigenvalue weighted by atomic mass is 9.77. The predicted molar refractivity (Wildman–Crippen MR) is 109 cm³/mol. The fourth-order valence-electron chi connectivity index (χ4n) is 5.40. The number of aliphatic hydroxyl groups excluding tert-OH is 1. The number of ether oxygens (including phenoxy) is 2. The zero-order chi connectivity index (χ0) is 21.1. The van der Waals surface area contributed by atoms with Crippen molar-refractivity contribution >= 4 is 12.4 Å². The molecule has 0 aromatic heterocycles. The van der Waals surface area contributed by atoms with Crippen LogP contribution in [0.4, 0.5) is 0 Å². The number of hydrogen-bond acceptors (Lipinski definition) is 6. The smallest absolute Gasteiger partial charge is 0.290 e. The Hall–Kier alpha value is -2.32. The van der Waals surface area contributed by atoms with Crippen molar-refractivity contribution in [2.24, 2.45) is 11.8 Å². The van der Waals surface area contributed by atoms with Crippen molar-refractivity contribution in [1.82, 2.24) is 9.80 Å².